The first kappa shape index (κ1) is 129. The van der Waals surface area contributed by atoms with Crippen LogP contribution >= 0.6 is 0 Å². The van der Waals surface area contributed by atoms with Gasteiger partial charge in [-0.2, -0.15) is 0 Å². The standard InChI is InChI=1S/4C6H12O7.6C3H6O3.5Ca/c4*7-1-2(8)3(9)4(10)5(11)6(12)13;6*1-2(4)3(5)6;;;;;/h4*2-5,7-11H,1H2,(H,12,13);6*2,4H,1H3,(H,5,6);;;;;/q;;;;;;;;;;5*+2/p-10/t4*2-,3-,4+,5-;;;;;;;;;;;/m1111.........../s1. The second-order valence-corrected chi connectivity index (χ2v) is 15.9. The Bertz CT molecular complexity index is 1600. The Kier molecular flexibility index (Phi) is 106. The molecule has 0 heterocycles. The molecule has 51 heteroatoms. The number of aliphatic carboxylic acids is 10. The van der Waals surface area contributed by atoms with Gasteiger partial charge in [-0.25, -0.2) is 0 Å². The van der Waals surface area contributed by atoms with Crippen molar-refractivity contribution >= 4 is 248 Å². The van der Waals surface area contributed by atoms with Crippen molar-refractivity contribution < 1.29 is 232 Å². The van der Waals surface area contributed by atoms with Crippen molar-refractivity contribution in [1.29, 1.82) is 0 Å². The third kappa shape index (κ3) is 80.8. The summed E-state index contributed by atoms with van der Waals surface area (Å²) in [6.45, 7) is 3.35. The molecule has 0 amide bonds. The Balaban J connectivity index is -0.0000000567. The zero-order valence-electron chi connectivity index (χ0n) is 49.9. The molecule has 93 heavy (non-hydrogen) atoms. The molecule has 0 aromatic heterocycles. The van der Waals surface area contributed by atoms with Gasteiger partial charge in [-0.05, 0) is 41.5 Å². The summed E-state index contributed by atoms with van der Waals surface area (Å²) in [6.07, 6.45) is -40.4. The van der Waals surface area contributed by atoms with E-state index in [9.17, 15) is 99.0 Å². The average Bonchev–Trinajstić information content (AvgIpc) is 3.44. The summed E-state index contributed by atoms with van der Waals surface area (Å²) >= 11 is 0. The first-order valence-corrected chi connectivity index (χ1v) is 23.0. The van der Waals surface area contributed by atoms with E-state index in [4.69, 9.17) is 133 Å². The average molecular weight is 1520 g/mol. The van der Waals surface area contributed by atoms with E-state index < -0.39 is 220 Å². The van der Waals surface area contributed by atoms with Crippen LogP contribution in [0.1, 0.15) is 41.5 Å². The molecule has 0 aliphatic rings. The van der Waals surface area contributed by atoms with Crippen LogP contribution in [0, 0.1) is 0 Å². The maximum atomic E-state index is 9.98. The third-order valence-electron chi connectivity index (χ3n) is 8.03. The number of hydrogen-bond acceptors (Lipinski definition) is 46. The number of carbonyl (C=O) groups excluding carboxylic acids is 10. The van der Waals surface area contributed by atoms with Gasteiger partial charge in [-0.15, -0.1) is 0 Å². The molecule has 6 unspecified atom stereocenters. The van der Waals surface area contributed by atoms with Crippen LogP contribution in [0.4, 0.5) is 0 Å². The molecule has 0 aliphatic heterocycles. The fourth-order valence-electron chi connectivity index (χ4n) is 2.65. The van der Waals surface area contributed by atoms with Gasteiger partial charge in [0.15, 0.2) is 0 Å². The minimum Gasteiger partial charge on any atom is -0.547 e. The summed E-state index contributed by atoms with van der Waals surface area (Å²) in [5.41, 5.74) is 0. The molecule has 26 N–H and O–H groups in total. The normalized spacial score (nSPS) is 16.7. The molecule has 0 spiro atoms. The SMILES string of the molecule is CC(O)C(=O)[O-].CC(O)C(=O)[O-].CC(O)C(=O)[O-].CC(O)C(=O)[O-].CC(O)C(=O)[O-].CC(O)C(=O)[O-].O=C([O-])[C@H](O)[C@@H](O)[C@H](O)[C@H](O)CO.O=C([O-])[C@H](O)[C@@H](O)[C@H](O)[C@H](O)CO.O=C([O-])[C@H](O)[C@@H](O)[C@H](O)[C@H](O)CO.O=C([O-])[C@H](O)[C@@H](O)[C@H](O)[C@H](O)CO.[Ca+2].[Ca+2].[Ca+2].[Ca+2].[Ca+2]. The summed E-state index contributed by atoms with van der Waals surface area (Å²) in [5, 5.41) is 318. The molecule has 0 aliphatic carbocycles. The number of carboxylic acid groups (broad SMARTS) is 10. The Hall–Kier alpha value is -0.0413. The number of aliphatic hydroxyl groups is 26. The summed E-state index contributed by atoms with van der Waals surface area (Å²) in [7, 11) is 0. The molecule has 0 aromatic rings. The molecule has 0 aromatic carbocycles. The number of hydrogen-bond donors (Lipinski definition) is 26. The molecule has 0 fully saturated rings. The van der Waals surface area contributed by atoms with Gasteiger partial charge in [0.05, 0.1) is 123 Å². The van der Waals surface area contributed by atoms with Crippen LogP contribution in [0.2, 0.25) is 0 Å². The Morgan fingerprint density at radius 3 is 0.323 bits per heavy atom. The van der Waals surface area contributed by atoms with Crippen molar-refractivity contribution in [3.05, 3.63) is 0 Å². The smallest absolute Gasteiger partial charge is 0.547 e. The second kappa shape index (κ2) is 76.1. The summed E-state index contributed by atoms with van der Waals surface area (Å²) in [4.78, 5) is 95.9. The van der Waals surface area contributed by atoms with Crippen LogP contribution in [0.3, 0.4) is 0 Å². The maximum absolute atomic E-state index is 9.98. The van der Waals surface area contributed by atoms with E-state index >= 15 is 0 Å². The van der Waals surface area contributed by atoms with Gasteiger partial charge in [0.2, 0.25) is 0 Å². The van der Waals surface area contributed by atoms with E-state index in [-0.39, 0.29) is 189 Å². The fraction of sp³-hybridized carbons (Fsp3) is 0.762. The monoisotopic (exact) mass is 1510 g/mol. The van der Waals surface area contributed by atoms with Gasteiger partial charge in [-0.1, -0.05) is 0 Å². The molecule has 0 saturated carbocycles. The second-order valence-electron chi connectivity index (χ2n) is 15.9. The zero-order valence-corrected chi connectivity index (χ0v) is 60.9. The van der Waals surface area contributed by atoms with E-state index in [1.165, 1.54) is 0 Å². The van der Waals surface area contributed by atoms with E-state index in [2.05, 4.69) is 0 Å². The molecule has 528 valence electrons. The summed E-state index contributed by atoms with van der Waals surface area (Å²) < 4.78 is 0. The first-order chi connectivity index (χ1) is 39.5. The Morgan fingerprint density at radius 1 is 0.204 bits per heavy atom. The van der Waals surface area contributed by atoms with E-state index in [1.807, 2.05) is 0 Å². The molecule has 46 nitrogen and oxygen atoms in total. The van der Waals surface area contributed by atoms with Crippen molar-refractivity contribution in [3.63, 3.8) is 0 Å². The summed E-state index contributed by atoms with van der Waals surface area (Å²) in [5.74, 6) is -16.5. The zero-order chi connectivity index (χ0) is 73.3. The van der Waals surface area contributed by atoms with Crippen LogP contribution in [0.5, 0.6) is 0 Å². The van der Waals surface area contributed by atoms with Gasteiger partial charge in [0.1, 0.15) is 97.7 Å². The van der Waals surface area contributed by atoms with E-state index in [1.54, 1.807) is 0 Å². The van der Waals surface area contributed by atoms with Gasteiger partial charge >= 0.3 is 189 Å². The third-order valence-corrected chi connectivity index (χ3v) is 8.03. The molecule has 0 radical (unpaired) electrons. The van der Waals surface area contributed by atoms with Crippen LogP contribution in [-0.4, -0.2) is 542 Å². The van der Waals surface area contributed by atoms with Crippen LogP contribution < -0.4 is 51.1 Å². The van der Waals surface area contributed by atoms with Gasteiger partial charge in [-0.3, -0.25) is 0 Å². The van der Waals surface area contributed by atoms with Crippen LogP contribution in [-0.2, 0) is 47.9 Å². The van der Waals surface area contributed by atoms with Crippen LogP contribution in [0.15, 0.2) is 0 Å². The fourth-order valence-corrected chi connectivity index (χ4v) is 2.65. The van der Waals surface area contributed by atoms with E-state index in [0.29, 0.717) is 0 Å². The first-order valence-electron chi connectivity index (χ1n) is 23.0. The number of carbonyl (C=O) groups is 10. The van der Waals surface area contributed by atoms with Crippen molar-refractivity contribution in [3.8, 4) is 0 Å². The maximum Gasteiger partial charge on any atom is 2.00 e. The molecule has 0 bridgehead atoms. The van der Waals surface area contributed by atoms with Crippen molar-refractivity contribution in [2.75, 3.05) is 26.4 Å². The van der Waals surface area contributed by atoms with Gasteiger partial charge in [0, 0.05) is 0 Å². The molecule has 0 rings (SSSR count). The number of aliphatic hydroxyl groups excluding tert-OH is 26. The molecule has 22 atom stereocenters. The quantitative estimate of drug-likeness (QED) is 0.0358. The molecular formula is C42H74Ca5O46. The minimum absolute atomic E-state index is 0. The molecule has 0 saturated heterocycles. The van der Waals surface area contributed by atoms with Gasteiger partial charge < -0.3 is 232 Å². The topological polar surface area (TPSA) is 927 Å². The Labute approximate surface area is 674 Å². The minimum atomic E-state index is -2.31. The Morgan fingerprint density at radius 2 is 0.280 bits per heavy atom. The van der Waals surface area contributed by atoms with Crippen molar-refractivity contribution in [2.45, 2.75) is 176 Å². The molecular weight excluding hydrogens is 1440 g/mol. The number of carboxylic acids is 10. The van der Waals surface area contributed by atoms with Crippen molar-refractivity contribution in [2.24, 2.45) is 0 Å². The van der Waals surface area contributed by atoms with Crippen LogP contribution in [0.25, 0.3) is 0 Å². The predicted molar refractivity (Wildman–Crippen MR) is 273 cm³/mol. The largest absolute Gasteiger partial charge is 2.00 e. The summed E-state index contributed by atoms with van der Waals surface area (Å²) in [6, 6.07) is 0. The van der Waals surface area contributed by atoms with E-state index in [0.717, 1.165) is 41.5 Å². The number of rotatable bonds is 26. The van der Waals surface area contributed by atoms with Gasteiger partial charge in [0.25, 0.3) is 0 Å². The van der Waals surface area contributed by atoms with Crippen molar-refractivity contribution in [1.82, 2.24) is 0 Å². The predicted octanol–water partition coefficient (Wildman–Crippen LogP) is -32.5.